The van der Waals surface area contributed by atoms with E-state index in [0.29, 0.717) is 0 Å². The first kappa shape index (κ1) is 20.2. The highest BCUT2D eigenvalue weighted by Gasteiger charge is 2.11. The molecule has 0 spiro atoms. The maximum atomic E-state index is 11.1. The van der Waals surface area contributed by atoms with E-state index in [1.807, 2.05) is 6.08 Å². The number of rotatable bonds is 15. The number of hydrogen-bond donors (Lipinski definition) is 0. The van der Waals surface area contributed by atoms with Gasteiger partial charge in [0.05, 0.1) is 0 Å². The second-order valence-electron chi connectivity index (χ2n) is 6.07. The van der Waals surface area contributed by atoms with Crippen molar-refractivity contribution < 1.29 is 9.53 Å². The summed E-state index contributed by atoms with van der Waals surface area (Å²) < 4.78 is 5.44. The van der Waals surface area contributed by atoms with E-state index in [0.717, 1.165) is 19.3 Å². The molecule has 0 saturated heterocycles. The van der Waals surface area contributed by atoms with Crippen LogP contribution in [0.25, 0.3) is 0 Å². The summed E-state index contributed by atoms with van der Waals surface area (Å²) in [6.07, 6.45) is 18.0. The molecule has 0 saturated carbocycles. The first-order valence-corrected chi connectivity index (χ1v) is 8.98. The third-order valence-corrected chi connectivity index (χ3v) is 3.90. The predicted molar refractivity (Wildman–Crippen MR) is 91.4 cm³/mol. The molecule has 1 atom stereocenters. The lowest BCUT2D eigenvalue weighted by Crippen LogP contribution is -2.16. The summed E-state index contributed by atoms with van der Waals surface area (Å²) in [7, 11) is 0. The standard InChI is InChI=1S/C19H36O2/c1-4-6-8-10-11-12-13-15-17-19(21-18(3)20)16-14-9-7-5-2/h4,19H,1,5-17H2,2-3H3. The number of carbonyl (C=O) groups is 1. The topological polar surface area (TPSA) is 26.3 Å². The summed E-state index contributed by atoms with van der Waals surface area (Å²) in [6.45, 7) is 7.49. The van der Waals surface area contributed by atoms with Crippen molar-refractivity contribution in [2.45, 2.75) is 103 Å². The molecule has 0 fully saturated rings. The Hall–Kier alpha value is -0.790. The molecule has 2 nitrogen and oxygen atoms in total. The molecule has 0 aromatic carbocycles. The Morgan fingerprint density at radius 1 is 0.952 bits per heavy atom. The lowest BCUT2D eigenvalue weighted by molar-refractivity contribution is -0.147. The average molecular weight is 296 g/mol. The van der Waals surface area contributed by atoms with Crippen LogP contribution < -0.4 is 0 Å². The normalized spacial score (nSPS) is 12.1. The Morgan fingerprint density at radius 2 is 1.48 bits per heavy atom. The maximum Gasteiger partial charge on any atom is 0.302 e. The van der Waals surface area contributed by atoms with E-state index in [1.54, 1.807) is 0 Å². The first-order valence-electron chi connectivity index (χ1n) is 8.98. The highest BCUT2D eigenvalue weighted by molar-refractivity contribution is 5.66. The zero-order chi connectivity index (χ0) is 15.8. The van der Waals surface area contributed by atoms with Crippen molar-refractivity contribution in [1.29, 1.82) is 0 Å². The van der Waals surface area contributed by atoms with Crippen molar-refractivity contribution in [3.05, 3.63) is 12.7 Å². The van der Waals surface area contributed by atoms with Crippen molar-refractivity contribution in [3.8, 4) is 0 Å². The zero-order valence-corrected chi connectivity index (χ0v) is 14.4. The van der Waals surface area contributed by atoms with Gasteiger partial charge in [0, 0.05) is 6.92 Å². The van der Waals surface area contributed by atoms with Crippen LogP contribution in [0.3, 0.4) is 0 Å². The van der Waals surface area contributed by atoms with Crippen LogP contribution in [0.5, 0.6) is 0 Å². The quantitative estimate of drug-likeness (QED) is 0.204. The van der Waals surface area contributed by atoms with Gasteiger partial charge >= 0.3 is 5.97 Å². The number of carbonyl (C=O) groups excluding carboxylic acids is 1. The molecule has 0 heterocycles. The number of allylic oxidation sites excluding steroid dienone is 1. The van der Waals surface area contributed by atoms with Crippen LogP contribution in [0.4, 0.5) is 0 Å². The Morgan fingerprint density at radius 3 is 2.00 bits per heavy atom. The van der Waals surface area contributed by atoms with Crippen molar-refractivity contribution in [1.82, 2.24) is 0 Å². The molecule has 2 heteroatoms. The van der Waals surface area contributed by atoms with E-state index >= 15 is 0 Å². The Labute approximate surface area is 132 Å². The van der Waals surface area contributed by atoms with Gasteiger partial charge in [-0.25, -0.2) is 0 Å². The third kappa shape index (κ3) is 15.4. The van der Waals surface area contributed by atoms with E-state index in [9.17, 15) is 4.79 Å². The van der Waals surface area contributed by atoms with Gasteiger partial charge in [-0.05, 0) is 38.5 Å². The fraction of sp³-hybridized carbons (Fsp3) is 0.842. The molecule has 0 radical (unpaired) electrons. The van der Waals surface area contributed by atoms with E-state index < -0.39 is 0 Å². The Bertz CT molecular complexity index is 248. The highest BCUT2D eigenvalue weighted by Crippen LogP contribution is 2.16. The molecule has 0 bridgehead atoms. The van der Waals surface area contributed by atoms with Gasteiger partial charge in [-0.3, -0.25) is 4.79 Å². The van der Waals surface area contributed by atoms with Gasteiger partial charge in [0.15, 0.2) is 0 Å². The van der Waals surface area contributed by atoms with Crippen LogP contribution in [0.15, 0.2) is 12.7 Å². The Balaban J connectivity index is 3.60. The van der Waals surface area contributed by atoms with Gasteiger partial charge in [-0.1, -0.05) is 57.9 Å². The van der Waals surface area contributed by atoms with Crippen LogP contribution in [-0.2, 0) is 9.53 Å². The van der Waals surface area contributed by atoms with Gasteiger partial charge in [0.25, 0.3) is 0 Å². The molecule has 21 heavy (non-hydrogen) atoms. The molecule has 0 rings (SSSR count). The first-order chi connectivity index (χ1) is 10.2. The Kier molecular flexibility index (Phi) is 15.0. The van der Waals surface area contributed by atoms with Crippen LogP contribution in [-0.4, -0.2) is 12.1 Å². The molecule has 0 amide bonds. The summed E-state index contributed by atoms with van der Waals surface area (Å²) in [5.74, 6) is -0.125. The van der Waals surface area contributed by atoms with Crippen LogP contribution in [0, 0.1) is 0 Å². The largest absolute Gasteiger partial charge is 0.463 e. The molecule has 0 aliphatic carbocycles. The summed E-state index contributed by atoms with van der Waals surface area (Å²) in [5, 5.41) is 0. The molecule has 124 valence electrons. The number of ether oxygens (including phenoxy) is 1. The molecule has 0 aliphatic rings. The van der Waals surface area contributed by atoms with Crippen molar-refractivity contribution in [2.75, 3.05) is 0 Å². The molecule has 0 aromatic rings. The summed E-state index contributed by atoms with van der Waals surface area (Å²) in [6, 6.07) is 0. The van der Waals surface area contributed by atoms with Gasteiger partial charge in [0.1, 0.15) is 6.10 Å². The molecule has 0 N–H and O–H groups in total. The second-order valence-corrected chi connectivity index (χ2v) is 6.07. The van der Waals surface area contributed by atoms with E-state index in [4.69, 9.17) is 4.74 Å². The smallest absolute Gasteiger partial charge is 0.302 e. The maximum absolute atomic E-state index is 11.1. The van der Waals surface area contributed by atoms with Gasteiger partial charge in [0.2, 0.25) is 0 Å². The number of unbranched alkanes of at least 4 members (excludes halogenated alkanes) is 9. The van der Waals surface area contributed by atoms with Gasteiger partial charge < -0.3 is 4.74 Å². The SMILES string of the molecule is C=CCCCCCCCCC(CCCCCC)OC(C)=O. The van der Waals surface area contributed by atoms with E-state index in [-0.39, 0.29) is 12.1 Å². The lowest BCUT2D eigenvalue weighted by Gasteiger charge is -2.17. The number of esters is 1. The highest BCUT2D eigenvalue weighted by atomic mass is 16.5. The van der Waals surface area contributed by atoms with E-state index in [2.05, 4.69) is 13.5 Å². The van der Waals surface area contributed by atoms with Crippen molar-refractivity contribution in [2.24, 2.45) is 0 Å². The van der Waals surface area contributed by atoms with Crippen molar-refractivity contribution >= 4 is 5.97 Å². The molecule has 1 unspecified atom stereocenters. The summed E-state index contributed by atoms with van der Waals surface area (Å²) in [5.41, 5.74) is 0. The minimum absolute atomic E-state index is 0.125. The number of hydrogen-bond acceptors (Lipinski definition) is 2. The van der Waals surface area contributed by atoms with Gasteiger partial charge in [-0.2, -0.15) is 0 Å². The van der Waals surface area contributed by atoms with E-state index in [1.165, 1.54) is 71.1 Å². The summed E-state index contributed by atoms with van der Waals surface area (Å²) >= 11 is 0. The zero-order valence-electron chi connectivity index (χ0n) is 14.4. The summed E-state index contributed by atoms with van der Waals surface area (Å²) in [4.78, 5) is 11.1. The molecular formula is C19H36O2. The minimum Gasteiger partial charge on any atom is -0.463 e. The predicted octanol–water partition coefficient (Wildman–Crippen LogP) is 6.20. The molecule has 0 aromatic heterocycles. The van der Waals surface area contributed by atoms with Crippen LogP contribution >= 0.6 is 0 Å². The van der Waals surface area contributed by atoms with Crippen LogP contribution in [0.1, 0.15) is 97.3 Å². The minimum atomic E-state index is -0.125. The van der Waals surface area contributed by atoms with Gasteiger partial charge in [-0.15, -0.1) is 6.58 Å². The lowest BCUT2D eigenvalue weighted by atomic mass is 10.0. The average Bonchev–Trinajstić information content (AvgIpc) is 2.45. The van der Waals surface area contributed by atoms with Crippen LogP contribution in [0.2, 0.25) is 0 Å². The fourth-order valence-corrected chi connectivity index (χ4v) is 2.66. The third-order valence-electron chi connectivity index (χ3n) is 3.90. The fourth-order valence-electron chi connectivity index (χ4n) is 2.66. The monoisotopic (exact) mass is 296 g/mol. The molecular weight excluding hydrogens is 260 g/mol. The second kappa shape index (κ2) is 15.6. The van der Waals surface area contributed by atoms with Crippen molar-refractivity contribution in [3.63, 3.8) is 0 Å². The molecule has 0 aliphatic heterocycles.